The predicted octanol–water partition coefficient (Wildman–Crippen LogP) is 1.79. The Bertz CT molecular complexity index is 275. The normalized spacial score (nSPS) is 29.7. The highest BCUT2D eigenvalue weighted by atomic mass is 16.5. The summed E-state index contributed by atoms with van der Waals surface area (Å²) in [7, 11) is 0. The van der Waals surface area contributed by atoms with Gasteiger partial charge in [0, 0.05) is 13.1 Å². The van der Waals surface area contributed by atoms with Crippen LogP contribution < -0.4 is 5.32 Å². The number of carbonyl (C=O) groups excluding carboxylic acids is 1. The van der Waals surface area contributed by atoms with Crippen LogP contribution in [-0.4, -0.2) is 49.7 Å². The fourth-order valence-corrected chi connectivity index (χ4v) is 3.24. The number of nitrogens with zero attached hydrogens (tertiary/aromatic N) is 1. The minimum absolute atomic E-state index is 0.0211. The first-order valence-electron chi connectivity index (χ1n) is 7.92. The lowest BCUT2D eigenvalue weighted by atomic mass is 9.85. The standard InChI is InChI=1S/C15H28N2O2/c1-2-13-6-3-4-7-14(13)19-15(18)12-17-10-5-8-16-9-11-17/h13-14,16H,2-12H2,1H3. The van der Waals surface area contributed by atoms with Gasteiger partial charge >= 0.3 is 5.97 Å². The molecule has 2 atom stereocenters. The van der Waals surface area contributed by atoms with Gasteiger partial charge < -0.3 is 10.1 Å². The second-order valence-electron chi connectivity index (χ2n) is 5.86. The van der Waals surface area contributed by atoms with Gasteiger partial charge in [-0.15, -0.1) is 0 Å². The van der Waals surface area contributed by atoms with Crippen LogP contribution in [0.15, 0.2) is 0 Å². The van der Waals surface area contributed by atoms with Crippen LogP contribution >= 0.6 is 0 Å². The number of ether oxygens (including phenoxy) is 1. The summed E-state index contributed by atoms with van der Waals surface area (Å²) in [5.41, 5.74) is 0. The van der Waals surface area contributed by atoms with Crippen LogP contribution in [0.2, 0.25) is 0 Å². The molecule has 0 radical (unpaired) electrons. The maximum Gasteiger partial charge on any atom is 0.320 e. The van der Waals surface area contributed by atoms with E-state index in [1.807, 2.05) is 0 Å². The molecule has 2 aliphatic rings. The van der Waals surface area contributed by atoms with E-state index in [4.69, 9.17) is 4.74 Å². The third-order valence-corrected chi connectivity index (χ3v) is 4.43. The summed E-state index contributed by atoms with van der Waals surface area (Å²) >= 11 is 0. The second kappa shape index (κ2) is 7.85. The smallest absolute Gasteiger partial charge is 0.320 e. The predicted molar refractivity (Wildman–Crippen MR) is 76.1 cm³/mol. The summed E-state index contributed by atoms with van der Waals surface area (Å²) in [6.45, 7) is 6.67. The van der Waals surface area contributed by atoms with Gasteiger partial charge in [-0.05, 0) is 51.1 Å². The van der Waals surface area contributed by atoms with Crippen molar-refractivity contribution in [2.75, 3.05) is 32.7 Å². The molecule has 0 bridgehead atoms. The highest BCUT2D eigenvalue weighted by Crippen LogP contribution is 2.29. The Hall–Kier alpha value is -0.610. The molecular formula is C15H28N2O2. The van der Waals surface area contributed by atoms with E-state index in [1.54, 1.807) is 0 Å². The monoisotopic (exact) mass is 268 g/mol. The third kappa shape index (κ3) is 4.77. The Morgan fingerprint density at radius 3 is 2.89 bits per heavy atom. The second-order valence-corrected chi connectivity index (χ2v) is 5.86. The van der Waals surface area contributed by atoms with Crippen molar-refractivity contribution in [2.45, 2.75) is 51.6 Å². The number of hydrogen-bond acceptors (Lipinski definition) is 4. The summed E-state index contributed by atoms with van der Waals surface area (Å²) in [5, 5.41) is 3.35. The quantitative estimate of drug-likeness (QED) is 0.789. The van der Waals surface area contributed by atoms with Gasteiger partial charge in [0.15, 0.2) is 0 Å². The van der Waals surface area contributed by atoms with E-state index in [0.29, 0.717) is 12.5 Å². The largest absolute Gasteiger partial charge is 0.461 e. The molecule has 0 amide bonds. The van der Waals surface area contributed by atoms with Gasteiger partial charge in [-0.25, -0.2) is 0 Å². The SMILES string of the molecule is CCC1CCCCC1OC(=O)CN1CCCNCC1. The van der Waals surface area contributed by atoms with Crippen molar-refractivity contribution in [3.63, 3.8) is 0 Å². The van der Waals surface area contributed by atoms with E-state index < -0.39 is 0 Å². The molecule has 1 saturated heterocycles. The molecule has 1 heterocycles. The molecule has 2 rings (SSSR count). The maximum absolute atomic E-state index is 12.1. The summed E-state index contributed by atoms with van der Waals surface area (Å²) in [5.74, 6) is 0.566. The summed E-state index contributed by atoms with van der Waals surface area (Å²) < 4.78 is 5.74. The fourth-order valence-electron chi connectivity index (χ4n) is 3.24. The molecule has 0 aromatic heterocycles. The first kappa shape index (κ1) is 14.8. The summed E-state index contributed by atoms with van der Waals surface area (Å²) in [6.07, 6.45) is 7.22. The van der Waals surface area contributed by atoms with Gasteiger partial charge in [0.2, 0.25) is 0 Å². The van der Waals surface area contributed by atoms with Crippen molar-refractivity contribution in [1.82, 2.24) is 10.2 Å². The zero-order valence-corrected chi connectivity index (χ0v) is 12.2. The molecule has 2 fully saturated rings. The topological polar surface area (TPSA) is 41.6 Å². The number of hydrogen-bond donors (Lipinski definition) is 1. The van der Waals surface area contributed by atoms with Crippen molar-refractivity contribution >= 4 is 5.97 Å². The van der Waals surface area contributed by atoms with Crippen LogP contribution in [0.1, 0.15) is 45.4 Å². The number of nitrogens with one attached hydrogen (secondary N) is 1. The Kier molecular flexibility index (Phi) is 6.11. The lowest BCUT2D eigenvalue weighted by Gasteiger charge is -2.31. The molecule has 4 heteroatoms. The van der Waals surface area contributed by atoms with Gasteiger partial charge in [0.05, 0.1) is 6.54 Å². The van der Waals surface area contributed by atoms with Gasteiger partial charge in [-0.2, -0.15) is 0 Å². The molecule has 1 aliphatic heterocycles. The van der Waals surface area contributed by atoms with E-state index in [2.05, 4.69) is 17.1 Å². The number of carbonyl (C=O) groups is 1. The minimum atomic E-state index is -0.0211. The van der Waals surface area contributed by atoms with E-state index in [-0.39, 0.29) is 12.1 Å². The van der Waals surface area contributed by atoms with Crippen LogP contribution in [0.3, 0.4) is 0 Å². The van der Waals surface area contributed by atoms with Gasteiger partial charge in [-0.1, -0.05) is 13.3 Å². The molecule has 2 unspecified atom stereocenters. The molecule has 1 saturated carbocycles. The zero-order valence-electron chi connectivity index (χ0n) is 12.2. The summed E-state index contributed by atoms with van der Waals surface area (Å²) in [4.78, 5) is 14.3. The first-order valence-corrected chi connectivity index (χ1v) is 7.92. The van der Waals surface area contributed by atoms with Crippen molar-refractivity contribution in [2.24, 2.45) is 5.92 Å². The number of rotatable bonds is 4. The van der Waals surface area contributed by atoms with E-state index in [1.165, 1.54) is 19.3 Å². The summed E-state index contributed by atoms with van der Waals surface area (Å²) in [6, 6.07) is 0. The third-order valence-electron chi connectivity index (χ3n) is 4.43. The van der Waals surface area contributed by atoms with Crippen molar-refractivity contribution in [1.29, 1.82) is 0 Å². The van der Waals surface area contributed by atoms with Gasteiger partial charge in [-0.3, -0.25) is 9.69 Å². The first-order chi connectivity index (χ1) is 9.29. The molecular weight excluding hydrogens is 240 g/mol. The van der Waals surface area contributed by atoms with E-state index in [0.717, 1.165) is 45.4 Å². The lowest BCUT2D eigenvalue weighted by Crippen LogP contribution is -2.37. The highest BCUT2D eigenvalue weighted by Gasteiger charge is 2.27. The van der Waals surface area contributed by atoms with Crippen LogP contribution in [0, 0.1) is 5.92 Å². The molecule has 0 aromatic rings. The molecule has 19 heavy (non-hydrogen) atoms. The maximum atomic E-state index is 12.1. The van der Waals surface area contributed by atoms with Crippen LogP contribution in [0.4, 0.5) is 0 Å². The molecule has 0 aromatic carbocycles. The van der Waals surface area contributed by atoms with E-state index >= 15 is 0 Å². The molecule has 1 N–H and O–H groups in total. The van der Waals surface area contributed by atoms with Crippen LogP contribution in [-0.2, 0) is 9.53 Å². The average Bonchev–Trinajstić information content (AvgIpc) is 2.68. The van der Waals surface area contributed by atoms with Gasteiger partial charge in [0.25, 0.3) is 0 Å². The molecule has 4 nitrogen and oxygen atoms in total. The van der Waals surface area contributed by atoms with Crippen LogP contribution in [0.25, 0.3) is 0 Å². The lowest BCUT2D eigenvalue weighted by molar-refractivity contribution is -0.155. The van der Waals surface area contributed by atoms with Crippen molar-refractivity contribution < 1.29 is 9.53 Å². The Balaban J connectivity index is 1.75. The Morgan fingerprint density at radius 1 is 1.21 bits per heavy atom. The Labute approximate surface area is 116 Å². The van der Waals surface area contributed by atoms with Gasteiger partial charge in [0.1, 0.15) is 6.10 Å². The minimum Gasteiger partial charge on any atom is -0.461 e. The number of esters is 1. The fraction of sp³-hybridized carbons (Fsp3) is 0.933. The molecule has 0 spiro atoms. The average molecular weight is 268 g/mol. The molecule has 110 valence electrons. The highest BCUT2D eigenvalue weighted by molar-refractivity contribution is 5.71. The zero-order chi connectivity index (χ0) is 13.5. The Morgan fingerprint density at radius 2 is 2.05 bits per heavy atom. The van der Waals surface area contributed by atoms with E-state index in [9.17, 15) is 4.79 Å². The molecule has 1 aliphatic carbocycles. The van der Waals surface area contributed by atoms with Crippen molar-refractivity contribution in [3.8, 4) is 0 Å². The van der Waals surface area contributed by atoms with Crippen molar-refractivity contribution in [3.05, 3.63) is 0 Å². The van der Waals surface area contributed by atoms with Crippen LogP contribution in [0.5, 0.6) is 0 Å².